The van der Waals surface area contributed by atoms with Crippen LogP contribution in [0, 0.1) is 0 Å². The number of carbonyl (C=O) groups excluding carboxylic acids is 1. The molecule has 1 N–H and O–H groups in total. The van der Waals surface area contributed by atoms with Crippen LogP contribution in [0.2, 0.25) is 5.02 Å². The number of hydrogen-bond acceptors (Lipinski definition) is 5. The van der Waals surface area contributed by atoms with E-state index in [1.165, 1.54) is 0 Å². The average molecular weight is 525 g/mol. The van der Waals surface area contributed by atoms with Crippen LogP contribution in [-0.4, -0.2) is 45.7 Å². The van der Waals surface area contributed by atoms with Crippen LogP contribution in [0.25, 0.3) is 22.4 Å². The van der Waals surface area contributed by atoms with E-state index in [2.05, 4.69) is 34.6 Å². The number of benzene rings is 2. The number of aromatic nitrogens is 2. The number of piperidine rings is 1. The van der Waals surface area contributed by atoms with E-state index in [1.807, 2.05) is 78.8 Å². The van der Waals surface area contributed by atoms with Crippen molar-refractivity contribution in [1.82, 2.24) is 14.9 Å². The number of likely N-dealkylation sites (tertiary alicyclic amines) is 1. The second kappa shape index (κ2) is 14.6. The highest BCUT2D eigenvalue weighted by atomic mass is 35.5. The molecule has 1 unspecified atom stereocenters. The maximum Gasteiger partial charge on any atom is 0.410 e. The summed E-state index contributed by atoms with van der Waals surface area (Å²) >= 11 is 6.48. The maximum absolute atomic E-state index is 12.5. The second-order valence-corrected chi connectivity index (χ2v) is 9.65. The fraction of sp³-hybridized carbons (Fsp3) is 0.433. The van der Waals surface area contributed by atoms with Crippen molar-refractivity contribution in [3.63, 3.8) is 0 Å². The number of rotatable bonds is 4. The van der Waals surface area contributed by atoms with Gasteiger partial charge in [-0.15, -0.1) is 0 Å². The van der Waals surface area contributed by atoms with Gasteiger partial charge in [0, 0.05) is 24.7 Å². The highest BCUT2D eigenvalue weighted by Crippen LogP contribution is 2.30. The molecule has 0 aliphatic carbocycles. The molecule has 200 valence electrons. The van der Waals surface area contributed by atoms with Crippen molar-refractivity contribution < 1.29 is 9.53 Å². The van der Waals surface area contributed by atoms with E-state index < -0.39 is 5.60 Å². The molecule has 0 spiro atoms. The van der Waals surface area contributed by atoms with Gasteiger partial charge in [-0.2, -0.15) is 0 Å². The Morgan fingerprint density at radius 3 is 2.32 bits per heavy atom. The zero-order chi connectivity index (χ0) is 27.4. The van der Waals surface area contributed by atoms with Crippen LogP contribution >= 0.6 is 11.6 Å². The van der Waals surface area contributed by atoms with Crippen molar-refractivity contribution in [2.24, 2.45) is 0 Å². The minimum atomic E-state index is -0.514. The number of hydrogen-bond donors (Lipinski definition) is 1. The fourth-order valence-electron chi connectivity index (χ4n) is 3.89. The molecule has 1 aliphatic heterocycles. The van der Waals surface area contributed by atoms with E-state index >= 15 is 0 Å². The summed E-state index contributed by atoms with van der Waals surface area (Å²) in [6.07, 6.45) is 3.14. The van der Waals surface area contributed by atoms with Crippen molar-refractivity contribution in [2.75, 3.05) is 18.4 Å². The lowest BCUT2D eigenvalue weighted by Crippen LogP contribution is -2.47. The summed E-state index contributed by atoms with van der Waals surface area (Å²) in [5.41, 5.74) is 3.31. The molecule has 2 heterocycles. The molecule has 4 rings (SSSR count). The molecule has 1 amide bonds. The van der Waals surface area contributed by atoms with E-state index in [1.54, 1.807) is 11.1 Å². The summed E-state index contributed by atoms with van der Waals surface area (Å²) in [5.74, 6) is 0.496. The van der Waals surface area contributed by atoms with Gasteiger partial charge in [0.2, 0.25) is 5.95 Å². The monoisotopic (exact) mass is 524 g/mol. The first kappa shape index (κ1) is 30.1. The van der Waals surface area contributed by atoms with Gasteiger partial charge in [0.15, 0.2) is 0 Å². The van der Waals surface area contributed by atoms with Crippen LogP contribution < -0.4 is 5.32 Å². The maximum atomic E-state index is 12.5. The van der Waals surface area contributed by atoms with Crippen LogP contribution in [0.3, 0.4) is 0 Å². The van der Waals surface area contributed by atoms with Gasteiger partial charge >= 0.3 is 6.09 Å². The Kier molecular flexibility index (Phi) is 11.9. The Morgan fingerprint density at radius 2 is 1.65 bits per heavy atom. The van der Waals surface area contributed by atoms with Crippen LogP contribution in [0.1, 0.15) is 61.3 Å². The number of halogens is 1. The Bertz CT molecular complexity index is 1120. The molecule has 3 aromatic rings. The first-order chi connectivity index (χ1) is 17.8. The van der Waals surface area contributed by atoms with Gasteiger partial charge in [-0.05, 0) is 50.8 Å². The van der Waals surface area contributed by atoms with Gasteiger partial charge in [0.1, 0.15) is 5.60 Å². The zero-order valence-corrected chi connectivity index (χ0v) is 24.0. The molecule has 37 heavy (non-hydrogen) atoms. The molecule has 1 saturated heterocycles. The van der Waals surface area contributed by atoms with Gasteiger partial charge in [0.05, 0.1) is 16.9 Å². The Hall–Kier alpha value is -3.12. The van der Waals surface area contributed by atoms with Gasteiger partial charge in [-0.3, -0.25) is 0 Å². The van der Waals surface area contributed by atoms with Crippen molar-refractivity contribution >= 4 is 23.6 Å². The second-order valence-electron chi connectivity index (χ2n) is 9.25. The average Bonchev–Trinajstić information content (AvgIpc) is 2.92. The standard InChI is InChI=1S/C26H29ClN4O2.2C2H6/c1-26(2,3)33-25(32)31-14-8-13-21(17-31)29-24-28-16-22(27)23(30-24)20-12-7-11-19(15-20)18-9-5-4-6-10-18;2*1-2/h4-7,9-12,15-16,21H,8,13-14,17H2,1-3H3,(H,28,29,30);2*1-2H3. The van der Waals surface area contributed by atoms with Gasteiger partial charge in [-0.1, -0.05) is 87.8 Å². The Balaban J connectivity index is 0.00000115. The van der Waals surface area contributed by atoms with Crippen LogP contribution in [0.15, 0.2) is 60.8 Å². The fourth-order valence-corrected chi connectivity index (χ4v) is 4.09. The van der Waals surface area contributed by atoms with Crippen molar-refractivity contribution in [3.05, 3.63) is 65.8 Å². The summed E-state index contributed by atoms with van der Waals surface area (Å²) in [6.45, 7) is 14.9. The van der Waals surface area contributed by atoms with Crippen molar-refractivity contribution in [3.8, 4) is 22.4 Å². The van der Waals surface area contributed by atoms with Gasteiger partial charge < -0.3 is 15.0 Å². The summed E-state index contributed by atoms with van der Waals surface area (Å²) in [7, 11) is 0. The van der Waals surface area contributed by atoms with E-state index in [4.69, 9.17) is 21.3 Å². The first-order valence-corrected chi connectivity index (χ1v) is 13.6. The van der Waals surface area contributed by atoms with Gasteiger partial charge in [0.25, 0.3) is 0 Å². The molecule has 1 fully saturated rings. The van der Waals surface area contributed by atoms with Crippen LogP contribution in [0.5, 0.6) is 0 Å². The lowest BCUT2D eigenvalue weighted by Gasteiger charge is -2.34. The van der Waals surface area contributed by atoms with Crippen molar-refractivity contribution in [2.45, 2.75) is 73.0 Å². The number of amides is 1. The molecular formula is C30H41ClN4O2. The van der Waals surface area contributed by atoms with E-state index in [0.29, 0.717) is 29.8 Å². The Morgan fingerprint density at radius 1 is 1.00 bits per heavy atom. The molecule has 0 saturated carbocycles. The number of ether oxygens (including phenoxy) is 1. The molecule has 1 aliphatic rings. The summed E-state index contributed by atoms with van der Waals surface area (Å²) in [6, 6.07) is 18.4. The molecule has 0 bridgehead atoms. The lowest BCUT2D eigenvalue weighted by atomic mass is 10.0. The lowest BCUT2D eigenvalue weighted by molar-refractivity contribution is 0.0206. The molecule has 7 heteroatoms. The highest BCUT2D eigenvalue weighted by molar-refractivity contribution is 6.32. The number of carbonyl (C=O) groups is 1. The minimum absolute atomic E-state index is 0.0379. The third kappa shape index (κ3) is 9.04. The van der Waals surface area contributed by atoms with E-state index in [-0.39, 0.29) is 12.1 Å². The van der Waals surface area contributed by atoms with Gasteiger partial charge in [-0.25, -0.2) is 14.8 Å². The summed E-state index contributed by atoms with van der Waals surface area (Å²) < 4.78 is 5.53. The molecule has 1 atom stereocenters. The van der Waals surface area contributed by atoms with Crippen LogP contribution in [0.4, 0.5) is 10.7 Å². The number of nitrogens with one attached hydrogen (secondary N) is 1. The predicted octanol–water partition coefficient (Wildman–Crippen LogP) is 8.33. The molecular weight excluding hydrogens is 484 g/mol. The highest BCUT2D eigenvalue weighted by Gasteiger charge is 2.28. The molecule has 6 nitrogen and oxygen atoms in total. The quantitative estimate of drug-likeness (QED) is 0.371. The molecule has 1 aromatic heterocycles. The van der Waals surface area contributed by atoms with E-state index in [0.717, 1.165) is 29.5 Å². The smallest absolute Gasteiger partial charge is 0.410 e. The summed E-state index contributed by atoms with van der Waals surface area (Å²) in [4.78, 5) is 23.3. The summed E-state index contributed by atoms with van der Waals surface area (Å²) in [5, 5.41) is 3.87. The first-order valence-electron chi connectivity index (χ1n) is 13.2. The van der Waals surface area contributed by atoms with E-state index in [9.17, 15) is 4.79 Å². The minimum Gasteiger partial charge on any atom is -0.444 e. The topological polar surface area (TPSA) is 67.3 Å². The molecule has 2 aromatic carbocycles. The third-order valence-electron chi connectivity index (χ3n) is 5.39. The van der Waals surface area contributed by atoms with Crippen molar-refractivity contribution in [1.29, 1.82) is 0 Å². The predicted molar refractivity (Wildman–Crippen MR) is 155 cm³/mol. The largest absolute Gasteiger partial charge is 0.444 e. The zero-order valence-electron chi connectivity index (χ0n) is 23.2. The number of anilines is 1. The third-order valence-corrected chi connectivity index (χ3v) is 5.67. The normalized spacial score (nSPS) is 14.9. The SMILES string of the molecule is CC.CC.CC(C)(C)OC(=O)N1CCCC(Nc2ncc(Cl)c(-c3cccc(-c4ccccc4)c3)n2)C1. The Labute approximate surface area is 227 Å². The number of nitrogens with zero attached hydrogens (tertiary/aromatic N) is 3. The van der Waals surface area contributed by atoms with Crippen LogP contribution in [-0.2, 0) is 4.74 Å². The molecule has 0 radical (unpaired) electrons.